The SMILES string of the molecule is Fc1cccc(CNCc2ccc(CN3CCCC3)cc2)c1. The first-order chi connectivity index (χ1) is 10.8. The van der Waals surface area contributed by atoms with E-state index in [1.165, 1.54) is 43.1 Å². The van der Waals surface area contributed by atoms with E-state index in [-0.39, 0.29) is 5.82 Å². The Morgan fingerprint density at radius 2 is 1.55 bits per heavy atom. The number of nitrogens with one attached hydrogen (secondary N) is 1. The van der Waals surface area contributed by atoms with E-state index in [0.29, 0.717) is 6.54 Å². The van der Waals surface area contributed by atoms with Gasteiger partial charge in [0.15, 0.2) is 0 Å². The predicted molar refractivity (Wildman–Crippen MR) is 87.9 cm³/mol. The summed E-state index contributed by atoms with van der Waals surface area (Å²) in [5.74, 6) is -0.175. The molecule has 1 aliphatic rings. The van der Waals surface area contributed by atoms with Crippen molar-refractivity contribution in [1.82, 2.24) is 10.2 Å². The van der Waals surface area contributed by atoms with Gasteiger partial charge in [-0.1, -0.05) is 36.4 Å². The van der Waals surface area contributed by atoms with Gasteiger partial charge in [-0.15, -0.1) is 0 Å². The van der Waals surface area contributed by atoms with Gasteiger partial charge in [0, 0.05) is 19.6 Å². The molecule has 0 aromatic heterocycles. The second-order valence-electron chi connectivity index (χ2n) is 6.03. The maximum Gasteiger partial charge on any atom is 0.123 e. The van der Waals surface area contributed by atoms with E-state index < -0.39 is 0 Å². The Kier molecular flexibility index (Phi) is 5.20. The maximum atomic E-state index is 13.1. The Morgan fingerprint density at radius 1 is 0.864 bits per heavy atom. The molecule has 0 bridgehead atoms. The molecule has 1 aliphatic heterocycles. The molecule has 2 aromatic carbocycles. The molecule has 0 saturated carbocycles. The van der Waals surface area contributed by atoms with Crippen molar-refractivity contribution in [3.8, 4) is 0 Å². The first-order valence-corrected chi connectivity index (χ1v) is 8.05. The third-order valence-corrected chi connectivity index (χ3v) is 4.18. The van der Waals surface area contributed by atoms with Crippen molar-refractivity contribution in [3.05, 3.63) is 71.0 Å². The van der Waals surface area contributed by atoms with Gasteiger partial charge in [-0.05, 0) is 54.8 Å². The van der Waals surface area contributed by atoms with Gasteiger partial charge in [0.05, 0.1) is 0 Å². The Bertz CT molecular complexity index is 589. The molecular formula is C19H23FN2. The van der Waals surface area contributed by atoms with Crippen molar-refractivity contribution >= 4 is 0 Å². The molecule has 0 aliphatic carbocycles. The zero-order valence-corrected chi connectivity index (χ0v) is 12.9. The van der Waals surface area contributed by atoms with Gasteiger partial charge in [0.2, 0.25) is 0 Å². The van der Waals surface area contributed by atoms with Crippen molar-refractivity contribution in [2.75, 3.05) is 13.1 Å². The fourth-order valence-electron chi connectivity index (χ4n) is 2.96. The Hall–Kier alpha value is -1.71. The zero-order valence-electron chi connectivity index (χ0n) is 12.9. The highest BCUT2D eigenvalue weighted by Gasteiger charge is 2.11. The smallest absolute Gasteiger partial charge is 0.123 e. The molecule has 0 radical (unpaired) electrons. The highest BCUT2D eigenvalue weighted by Crippen LogP contribution is 2.13. The molecule has 0 unspecified atom stereocenters. The number of halogens is 1. The maximum absolute atomic E-state index is 13.1. The predicted octanol–water partition coefficient (Wildman–Crippen LogP) is 3.71. The van der Waals surface area contributed by atoms with Crippen molar-refractivity contribution in [2.45, 2.75) is 32.5 Å². The molecule has 116 valence electrons. The van der Waals surface area contributed by atoms with Crippen molar-refractivity contribution in [2.24, 2.45) is 0 Å². The van der Waals surface area contributed by atoms with Crippen LogP contribution >= 0.6 is 0 Å². The number of nitrogens with zero attached hydrogens (tertiary/aromatic N) is 1. The number of hydrogen-bond acceptors (Lipinski definition) is 2. The van der Waals surface area contributed by atoms with E-state index in [2.05, 4.69) is 34.5 Å². The van der Waals surface area contributed by atoms with Crippen LogP contribution in [-0.4, -0.2) is 18.0 Å². The molecule has 3 heteroatoms. The van der Waals surface area contributed by atoms with Crippen molar-refractivity contribution in [1.29, 1.82) is 0 Å². The highest BCUT2D eigenvalue weighted by atomic mass is 19.1. The van der Waals surface area contributed by atoms with Crippen LogP contribution in [-0.2, 0) is 19.6 Å². The third kappa shape index (κ3) is 4.39. The molecular weight excluding hydrogens is 275 g/mol. The Labute approximate surface area is 132 Å². The van der Waals surface area contributed by atoms with E-state index in [1.807, 2.05) is 6.07 Å². The van der Waals surface area contributed by atoms with Gasteiger partial charge in [0.1, 0.15) is 5.82 Å². The summed E-state index contributed by atoms with van der Waals surface area (Å²) in [7, 11) is 0. The molecule has 0 amide bonds. The fraction of sp³-hybridized carbons (Fsp3) is 0.368. The van der Waals surface area contributed by atoms with Gasteiger partial charge in [-0.2, -0.15) is 0 Å². The second-order valence-corrected chi connectivity index (χ2v) is 6.03. The average molecular weight is 298 g/mol. The van der Waals surface area contributed by atoms with Crippen LogP contribution in [0.3, 0.4) is 0 Å². The first-order valence-electron chi connectivity index (χ1n) is 8.05. The van der Waals surface area contributed by atoms with Gasteiger partial charge in [0.25, 0.3) is 0 Å². The number of likely N-dealkylation sites (tertiary alicyclic amines) is 1. The summed E-state index contributed by atoms with van der Waals surface area (Å²) in [6, 6.07) is 15.5. The summed E-state index contributed by atoms with van der Waals surface area (Å²) >= 11 is 0. The minimum Gasteiger partial charge on any atom is -0.309 e. The minimum absolute atomic E-state index is 0.175. The number of benzene rings is 2. The van der Waals surface area contributed by atoms with E-state index in [9.17, 15) is 4.39 Å². The average Bonchev–Trinajstić information content (AvgIpc) is 3.02. The second kappa shape index (κ2) is 7.52. The molecule has 2 nitrogen and oxygen atoms in total. The zero-order chi connectivity index (χ0) is 15.2. The lowest BCUT2D eigenvalue weighted by atomic mass is 10.1. The van der Waals surface area contributed by atoms with Crippen LogP contribution in [0.1, 0.15) is 29.5 Å². The fourth-order valence-corrected chi connectivity index (χ4v) is 2.96. The van der Waals surface area contributed by atoms with E-state index in [0.717, 1.165) is 18.7 Å². The summed E-state index contributed by atoms with van der Waals surface area (Å²) in [4.78, 5) is 2.51. The molecule has 1 N–H and O–H groups in total. The van der Waals surface area contributed by atoms with E-state index in [4.69, 9.17) is 0 Å². The lowest BCUT2D eigenvalue weighted by Crippen LogP contribution is -2.18. The lowest BCUT2D eigenvalue weighted by Gasteiger charge is -2.14. The van der Waals surface area contributed by atoms with Crippen LogP contribution in [0.5, 0.6) is 0 Å². The van der Waals surface area contributed by atoms with Gasteiger partial charge >= 0.3 is 0 Å². The van der Waals surface area contributed by atoms with Crippen LogP contribution in [0.25, 0.3) is 0 Å². The monoisotopic (exact) mass is 298 g/mol. The van der Waals surface area contributed by atoms with Crippen LogP contribution in [0, 0.1) is 5.82 Å². The quantitative estimate of drug-likeness (QED) is 0.874. The summed E-state index contributed by atoms with van der Waals surface area (Å²) in [5.41, 5.74) is 3.63. The van der Waals surface area contributed by atoms with Gasteiger partial charge in [-0.3, -0.25) is 4.90 Å². The van der Waals surface area contributed by atoms with Crippen LogP contribution in [0.4, 0.5) is 4.39 Å². The molecule has 3 rings (SSSR count). The normalized spacial score (nSPS) is 15.3. The molecule has 2 aromatic rings. The molecule has 22 heavy (non-hydrogen) atoms. The highest BCUT2D eigenvalue weighted by molar-refractivity contribution is 5.23. The van der Waals surface area contributed by atoms with Gasteiger partial charge in [-0.25, -0.2) is 4.39 Å². The number of rotatable bonds is 6. The van der Waals surface area contributed by atoms with Crippen LogP contribution < -0.4 is 5.32 Å². The van der Waals surface area contributed by atoms with E-state index >= 15 is 0 Å². The third-order valence-electron chi connectivity index (χ3n) is 4.18. The van der Waals surface area contributed by atoms with Gasteiger partial charge < -0.3 is 5.32 Å². The molecule has 0 atom stereocenters. The van der Waals surface area contributed by atoms with E-state index in [1.54, 1.807) is 12.1 Å². The summed E-state index contributed by atoms with van der Waals surface area (Å²) in [6.07, 6.45) is 2.67. The number of hydrogen-bond donors (Lipinski definition) is 1. The van der Waals surface area contributed by atoms with Crippen molar-refractivity contribution < 1.29 is 4.39 Å². The summed E-state index contributed by atoms with van der Waals surface area (Å²) < 4.78 is 13.1. The summed E-state index contributed by atoms with van der Waals surface area (Å²) in [5, 5.41) is 3.36. The standard InChI is InChI=1S/C19H23FN2/c20-19-5-3-4-18(12-19)14-21-13-16-6-8-17(9-7-16)15-22-10-1-2-11-22/h3-9,12,21H,1-2,10-11,13-15H2. The summed E-state index contributed by atoms with van der Waals surface area (Å²) in [6.45, 7) is 5.03. The van der Waals surface area contributed by atoms with Crippen molar-refractivity contribution in [3.63, 3.8) is 0 Å². The Morgan fingerprint density at radius 3 is 2.27 bits per heavy atom. The topological polar surface area (TPSA) is 15.3 Å². The van der Waals surface area contributed by atoms with Crippen LogP contribution in [0.2, 0.25) is 0 Å². The minimum atomic E-state index is -0.175. The molecule has 1 saturated heterocycles. The Balaban J connectivity index is 1.46. The molecule has 1 heterocycles. The largest absolute Gasteiger partial charge is 0.309 e. The lowest BCUT2D eigenvalue weighted by molar-refractivity contribution is 0.331. The van der Waals surface area contributed by atoms with Crippen LogP contribution in [0.15, 0.2) is 48.5 Å². The first kappa shape index (κ1) is 15.2. The molecule has 0 spiro atoms. The molecule has 1 fully saturated rings.